The Morgan fingerprint density at radius 3 is 2.69 bits per heavy atom. The molecule has 1 amide bonds. The van der Waals surface area contributed by atoms with Gasteiger partial charge in [0.05, 0.1) is 36.7 Å². The van der Waals surface area contributed by atoms with Crippen molar-refractivity contribution in [2.45, 2.75) is 50.7 Å². The molecule has 3 aliphatic rings. The number of carbonyl (C=O) groups is 1. The zero-order valence-corrected chi connectivity index (χ0v) is 18.6. The molecule has 2 saturated heterocycles. The summed E-state index contributed by atoms with van der Waals surface area (Å²) in [7, 11) is 1.50. The van der Waals surface area contributed by atoms with Crippen LogP contribution in [0.2, 0.25) is 0 Å². The number of methoxy groups -OCH3 is 1. The van der Waals surface area contributed by atoms with Gasteiger partial charge >= 0.3 is 0 Å². The van der Waals surface area contributed by atoms with Gasteiger partial charge in [-0.3, -0.25) is 4.79 Å². The Balaban J connectivity index is 1.56. The highest BCUT2D eigenvalue weighted by atomic mass is 19.1. The first-order valence-corrected chi connectivity index (χ1v) is 10.7. The second-order valence-electron chi connectivity index (χ2n) is 9.24. The summed E-state index contributed by atoms with van der Waals surface area (Å²) in [5, 5.41) is 2.79. The second-order valence-corrected chi connectivity index (χ2v) is 9.24. The molecule has 0 unspecified atom stereocenters. The van der Waals surface area contributed by atoms with Gasteiger partial charge < -0.3 is 23.9 Å². The van der Waals surface area contributed by atoms with Crippen LogP contribution in [0.5, 0.6) is 11.5 Å². The highest BCUT2D eigenvalue weighted by Gasteiger charge is 2.61. The molecule has 3 aromatic rings. The molecule has 4 heterocycles. The van der Waals surface area contributed by atoms with Crippen LogP contribution in [0.4, 0.5) is 10.1 Å². The summed E-state index contributed by atoms with van der Waals surface area (Å²) in [6, 6.07) is 6.86. The first-order valence-electron chi connectivity index (χ1n) is 10.7. The predicted octanol–water partition coefficient (Wildman–Crippen LogP) is 4.34. The number of benzene rings is 1. The fraction of sp³-hybridized carbons (Fsp3) is 0.417. The van der Waals surface area contributed by atoms with E-state index in [0.717, 1.165) is 18.5 Å². The van der Waals surface area contributed by atoms with E-state index in [-0.39, 0.29) is 34.2 Å². The Labute approximate surface area is 185 Å². The lowest BCUT2D eigenvalue weighted by Gasteiger charge is -2.41. The highest BCUT2D eigenvalue weighted by Crippen LogP contribution is 2.58. The lowest BCUT2D eigenvalue weighted by Crippen LogP contribution is -2.45. The summed E-state index contributed by atoms with van der Waals surface area (Å²) < 4.78 is 34.1. The zero-order chi connectivity index (χ0) is 22.7. The van der Waals surface area contributed by atoms with Crippen LogP contribution in [-0.4, -0.2) is 40.7 Å². The maximum atomic E-state index is 15.6. The lowest BCUT2D eigenvalue weighted by atomic mass is 9.62. The van der Waals surface area contributed by atoms with Crippen molar-refractivity contribution < 1.29 is 23.4 Å². The van der Waals surface area contributed by atoms with Gasteiger partial charge in [-0.1, -0.05) is 12.1 Å². The number of anilines is 1. The third-order valence-electron chi connectivity index (χ3n) is 6.26. The molecule has 1 N–H and O–H groups in total. The van der Waals surface area contributed by atoms with Crippen LogP contribution >= 0.6 is 0 Å². The van der Waals surface area contributed by atoms with Gasteiger partial charge in [0.15, 0.2) is 11.4 Å². The van der Waals surface area contributed by atoms with Crippen LogP contribution in [0.1, 0.15) is 49.7 Å². The number of hydrogen-bond acceptors (Lipinski definition) is 5. The fourth-order valence-corrected chi connectivity index (χ4v) is 4.94. The number of ether oxygens (including phenoxy) is 3. The number of pyridine rings is 1. The molecule has 32 heavy (non-hydrogen) atoms. The van der Waals surface area contributed by atoms with Gasteiger partial charge in [0.2, 0.25) is 5.82 Å². The van der Waals surface area contributed by atoms with Crippen LogP contribution < -0.4 is 14.8 Å². The number of para-hydroxylation sites is 1. The number of nitrogens with zero attached hydrogens (tertiary/aromatic N) is 2. The average Bonchev–Trinajstić information content (AvgIpc) is 3.41. The van der Waals surface area contributed by atoms with Crippen molar-refractivity contribution >= 4 is 17.2 Å². The van der Waals surface area contributed by atoms with Gasteiger partial charge in [-0.25, -0.2) is 4.98 Å². The van der Waals surface area contributed by atoms with Crippen LogP contribution in [0, 0.1) is 5.82 Å². The first-order chi connectivity index (χ1) is 15.2. The van der Waals surface area contributed by atoms with Crippen molar-refractivity contribution in [3.8, 4) is 11.5 Å². The molecule has 2 aliphatic heterocycles. The summed E-state index contributed by atoms with van der Waals surface area (Å²) in [6.07, 6.45) is 4.92. The quantitative estimate of drug-likeness (QED) is 0.618. The molecule has 1 saturated carbocycles. The Morgan fingerprint density at radius 1 is 1.28 bits per heavy atom. The number of imidazole rings is 1. The molecule has 1 aliphatic carbocycles. The van der Waals surface area contributed by atoms with E-state index in [2.05, 4.69) is 17.2 Å². The summed E-state index contributed by atoms with van der Waals surface area (Å²) in [5.41, 5.74) is 1.26. The molecule has 0 radical (unpaired) electrons. The van der Waals surface area contributed by atoms with Crippen molar-refractivity contribution in [1.82, 2.24) is 9.38 Å². The highest BCUT2D eigenvalue weighted by molar-refractivity contribution is 6.07. The minimum absolute atomic E-state index is 0.0356. The van der Waals surface area contributed by atoms with Gasteiger partial charge in [0, 0.05) is 17.8 Å². The summed E-state index contributed by atoms with van der Waals surface area (Å²) >= 11 is 0. The summed E-state index contributed by atoms with van der Waals surface area (Å²) in [5.74, 6) is -0.643. The molecular weight excluding hydrogens is 413 g/mol. The van der Waals surface area contributed by atoms with Crippen molar-refractivity contribution in [3.63, 3.8) is 0 Å². The molecule has 3 fully saturated rings. The van der Waals surface area contributed by atoms with Crippen LogP contribution in [0.25, 0.3) is 5.65 Å². The monoisotopic (exact) mass is 439 g/mol. The lowest BCUT2D eigenvalue weighted by molar-refractivity contribution is 0.0154. The van der Waals surface area contributed by atoms with Crippen molar-refractivity contribution in [2.24, 2.45) is 0 Å². The fourth-order valence-electron chi connectivity index (χ4n) is 4.94. The van der Waals surface area contributed by atoms with E-state index in [1.807, 2.05) is 6.20 Å². The standard InChI is InChI=1S/C24H26FN3O4/c1-14(2)32-20-16(26-22(29)15-7-5-6-8-17(15)30-4)9-28-10-18(27-21(28)19(20)25)24-11-23(3,12-24)31-13-24/h5-10,14H,11-13H2,1-4H3,(H,26,29). The number of carbonyl (C=O) groups excluding carboxylic acids is 1. The van der Waals surface area contributed by atoms with Crippen molar-refractivity contribution in [3.05, 3.63) is 53.7 Å². The number of rotatable bonds is 6. The zero-order valence-electron chi connectivity index (χ0n) is 18.6. The molecule has 1 aromatic carbocycles. The maximum Gasteiger partial charge on any atom is 0.259 e. The van der Waals surface area contributed by atoms with E-state index in [1.54, 1.807) is 48.7 Å². The van der Waals surface area contributed by atoms with E-state index in [4.69, 9.17) is 14.2 Å². The summed E-state index contributed by atoms with van der Waals surface area (Å²) in [6.45, 7) is 6.28. The molecule has 168 valence electrons. The van der Waals surface area contributed by atoms with Crippen LogP contribution in [0.3, 0.4) is 0 Å². The molecule has 0 atom stereocenters. The van der Waals surface area contributed by atoms with Gasteiger partial charge in [-0.2, -0.15) is 4.39 Å². The predicted molar refractivity (Wildman–Crippen MR) is 117 cm³/mol. The van der Waals surface area contributed by atoms with Gasteiger partial charge in [0.1, 0.15) is 11.4 Å². The van der Waals surface area contributed by atoms with Crippen molar-refractivity contribution in [2.75, 3.05) is 19.0 Å². The minimum Gasteiger partial charge on any atom is -0.496 e. The minimum atomic E-state index is -0.611. The molecule has 2 aromatic heterocycles. The smallest absolute Gasteiger partial charge is 0.259 e. The number of amides is 1. The largest absolute Gasteiger partial charge is 0.496 e. The maximum absolute atomic E-state index is 15.6. The normalized spacial score (nSPS) is 23.9. The Bertz CT molecular complexity index is 1210. The van der Waals surface area contributed by atoms with Gasteiger partial charge in [0.25, 0.3) is 5.91 Å². The molecule has 6 rings (SSSR count). The molecule has 7 nitrogen and oxygen atoms in total. The molecule has 2 bridgehead atoms. The number of nitrogens with one attached hydrogen (secondary N) is 1. The van der Waals surface area contributed by atoms with E-state index in [9.17, 15) is 4.79 Å². The summed E-state index contributed by atoms with van der Waals surface area (Å²) in [4.78, 5) is 17.6. The van der Waals surface area contributed by atoms with E-state index < -0.39 is 11.7 Å². The molecular formula is C24H26FN3O4. The number of hydrogen-bond donors (Lipinski definition) is 1. The van der Waals surface area contributed by atoms with Crippen molar-refractivity contribution in [1.29, 1.82) is 0 Å². The number of fused-ring (bicyclic) bond motifs is 2. The van der Waals surface area contributed by atoms with E-state index in [1.165, 1.54) is 7.11 Å². The topological polar surface area (TPSA) is 74.1 Å². The van der Waals surface area contributed by atoms with Crippen LogP contribution in [-0.2, 0) is 10.2 Å². The average molecular weight is 439 g/mol. The van der Waals surface area contributed by atoms with Crippen LogP contribution in [0.15, 0.2) is 36.7 Å². The molecule has 0 spiro atoms. The third kappa shape index (κ3) is 3.21. The number of halogens is 1. The van der Waals surface area contributed by atoms with E-state index in [0.29, 0.717) is 17.9 Å². The Kier molecular flexibility index (Phi) is 4.67. The Hall–Kier alpha value is -3.13. The van der Waals surface area contributed by atoms with Gasteiger partial charge in [-0.15, -0.1) is 0 Å². The Morgan fingerprint density at radius 2 is 2.03 bits per heavy atom. The molecule has 8 heteroatoms. The first kappa shape index (κ1) is 20.8. The SMILES string of the molecule is COc1ccccc1C(=O)Nc1cn2cc(C34COC(C)(C3)C4)nc2c(F)c1OC(C)C. The van der Waals surface area contributed by atoms with Gasteiger partial charge in [-0.05, 0) is 45.7 Å². The number of aromatic nitrogens is 2. The third-order valence-corrected chi connectivity index (χ3v) is 6.26. The van der Waals surface area contributed by atoms with E-state index >= 15 is 4.39 Å². The second kappa shape index (κ2) is 7.20.